The third-order valence-electron chi connectivity index (χ3n) is 5.52. The van der Waals surface area contributed by atoms with Gasteiger partial charge in [-0.2, -0.15) is 23.4 Å². The van der Waals surface area contributed by atoms with Crippen LogP contribution in [0.3, 0.4) is 0 Å². The number of alkyl halides is 3. The Morgan fingerprint density at radius 1 is 1.22 bits per heavy atom. The normalized spacial score (nSPS) is 18.0. The highest BCUT2D eigenvalue weighted by Crippen LogP contribution is 2.36. The molecule has 0 fully saturated rings. The maximum Gasteiger partial charge on any atom is 0.416 e. The summed E-state index contributed by atoms with van der Waals surface area (Å²) in [5.41, 5.74) is 0.926. The van der Waals surface area contributed by atoms with E-state index in [1.54, 1.807) is 16.9 Å². The third kappa shape index (κ3) is 3.78. The summed E-state index contributed by atoms with van der Waals surface area (Å²) in [5, 5.41) is 14.1. The maximum atomic E-state index is 13.2. The summed E-state index contributed by atoms with van der Waals surface area (Å²) in [6, 6.07) is 4.59. The van der Waals surface area contributed by atoms with Crippen molar-refractivity contribution < 1.29 is 27.4 Å². The molecule has 0 saturated heterocycles. The Kier molecular flexibility index (Phi) is 5.03. The average Bonchev–Trinajstić information content (AvgIpc) is 3.35. The summed E-state index contributed by atoms with van der Waals surface area (Å²) in [4.78, 5) is 13.2. The first kappa shape index (κ1) is 20.4. The van der Waals surface area contributed by atoms with E-state index in [0.717, 1.165) is 25.0 Å². The molecule has 1 aromatic carbocycles. The van der Waals surface area contributed by atoms with Gasteiger partial charge in [0.2, 0.25) is 5.88 Å². The number of aromatic amines is 1. The Morgan fingerprint density at radius 3 is 2.88 bits per heavy atom. The number of aromatic nitrogens is 4. The molecule has 0 radical (unpaired) electrons. The molecule has 0 bridgehead atoms. The van der Waals surface area contributed by atoms with Gasteiger partial charge in [0, 0.05) is 12.7 Å². The van der Waals surface area contributed by atoms with Gasteiger partial charge >= 0.3 is 6.18 Å². The van der Waals surface area contributed by atoms with E-state index in [-0.39, 0.29) is 18.7 Å². The van der Waals surface area contributed by atoms with E-state index in [2.05, 4.69) is 20.6 Å². The van der Waals surface area contributed by atoms with Crippen LogP contribution in [0.25, 0.3) is 11.3 Å². The van der Waals surface area contributed by atoms with Gasteiger partial charge in [-0.25, -0.2) is 4.68 Å². The lowest BCUT2D eigenvalue weighted by atomic mass is 9.99. The number of ether oxygens (including phenoxy) is 2. The van der Waals surface area contributed by atoms with Crippen LogP contribution in [-0.4, -0.2) is 45.1 Å². The molecule has 5 rings (SSSR count). The van der Waals surface area contributed by atoms with Crippen molar-refractivity contribution in [1.29, 1.82) is 0 Å². The minimum atomic E-state index is -4.45. The highest BCUT2D eigenvalue weighted by atomic mass is 19.4. The molecule has 168 valence electrons. The van der Waals surface area contributed by atoms with E-state index in [1.165, 1.54) is 6.07 Å². The van der Waals surface area contributed by atoms with Crippen molar-refractivity contribution in [1.82, 2.24) is 25.3 Å². The van der Waals surface area contributed by atoms with Crippen LogP contribution in [0.2, 0.25) is 0 Å². The molecule has 0 saturated carbocycles. The largest absolute Gasteiger partial charge is 0.491 e. The number of carbonyl (C=O) groups excluding carboxylic acids is 1. The second kappa shape index (κ2) is 7.88. The van der Waals surface area contributed by atoms with Crippen LogP contribution in [0.15, 0.2) is 30.5 Å². The van der Waals surface area contributed by atoms with E-state index < -0.39 is 23.7 Å². The third-order valence-corrected chi connectivity index (χ3v) is 5.52. The molecule has 2 N–H and O–H groups in total. The minimum absolute atomic E-state index is 0.146. The van der Waals surface area contributed by atoms with Crippen molar-refractivity contribution in [3.8, 4) is 22.9 Å². The minimum Gasteiger partial charge on any atom is -0.491 e. The van der Waals surface area contributed by atoms with E-state index in [1.807, 2.05) is 0 Å². The zero-order chi connectivity index (χ0) is 22.3. The number of nitrogens with zero attached hydrogens (tertiary/aromatic N) is 3. The van der Waals surface area contributed by atoms with Crippen LogP contribution in [-0.2, 0) is 19.1 Å². The van der Waals surface area contributed by atoms with Crippen LogP contribution in [0, 0.1) is 0 Å². The van der Waals surface area contributed by atoms with E-state index in [4.69, 9.17) is 9.47 Å². The van der Waals surface area contributed by atoms with Gasteiger partial charge in [0.1, 0.15) is 12.4 Å². The molecule has 3 aromatic rings. The van der Waals surface area contributed by atoms with Crippen molar-refractivity contribution in [3.63, 3.8) is 0 Å². The first-order valence-electron chi connectivity index (χ1n) is 10.3. The summed E-state index contributed by atoms with van der Waals surface area (Å²) in [6.45, 7) is 1.28. The number of benzene rings is 1. The molecule has 2 aliphatic heterocycles. The maximum absolute atomic E-state index is 13.2. The van der Waals surface area contributed by atoms with E-state index >= 15 is 0 Å². The average molecular weight is 447 g/mol. The smallest absolute Gasteiger partial charge is 0.416 e. The summed E-state index contributed by atoms with van der Waals surface area (Å²) in [5.74, 6) is 0.434. The first-order valence-corrected chi connectivity index (χ1v) is 10.3. The molecule has 11 heteroatoms. The molecule has 1 atom stereocenters. The van der Waals surface area contributed by atoms with Gasteiger partial charge in [-0.05, 0) is 49.1 Å². The summed E-state index contributed by atoms with van der Waals surface area (Å²) >= 11 is 0. The predicted octanol–water partition coefficient (Wildman–Crippen LogP) is 3.20. The number of hydrogen-bond acceptors (Lipinski definition) is 5. The fraction of sp³-hybridized carbons (Fsp3) is 0.381. The Hall–Kier alpha value is -3.50. The molecule has 4 heterocycles. The number of hydrogen-bond donors (Lipinski definition) is 2. The second-order valence-electron chi connectivity index (χ2n) is 7.78. The fourth-order valence-corrected chi connectivity index (χ4v) is 3.99. The van der Waals surface area contributed by atoms with Gasteiger partial charge in [0.25, 0.3) is 5.91 Å². The Labute approximate surface area is 180 Å². The van der Waals surface area contributed by atoms with Gasteiger partial charge in [-0.15, -0.1) is 0 Å². The van der Waals surface area contributed by atoms with Crippen LogP contribution < -0.4 is 14.8 Å². The SMILES string of the molecule is O=C(NC1COc2ccc(C(F)(F)F)cc2C1)c1nn2c(c1-c1ccn[nH]1)OCCCC2. The van der Waals surface area contributed by atoms with E-state index in [0.29, 0.717) is 41.6 Å². The highest BCUT2D eigenvalue weighted by Gasteiger charge is 2.33. The van der Waals surface area contributed by atoms with Crippen LogP contribution in [0.5, 0.6) is 11.6 Å². The lowest BCUT2D eigenvalue weighted by Crippen LogP contribution is -2.43. The fourth-order valence-electron chi connectivity index (χ4n) is 3.99. The van der Waals surface area contributed by atoms with Gasteiger partial charge in [-0.3, -0.25) is 9.89 Å². The summed E-state index contributed by atoms with van der Waals surface area (Å²) < 4.78 is 52.3. The number of amides is 1. The molecule has 2 aromatic heterocycles. The number of H-pyrrole nitrogens is 1. The van der Waals surface area contributed by atoms with Crippen molar-refractivity contribution in [2.24, 2.45) is 0 Å². The zero-order valence-corrected chi connectivity index (χ0v) is 16.9. The Bertz CT molecular complexity index is 1140. The van der Waals surface area contributed by atoms with Crippen LogP contribution in [0.4, 0.5) is 13.2 Å². The number of aryl methyl sites for hydroxylation is 1. The molecule has 8 nitrogen and oxygen atoms in total. The van der Waals surface area contributed by atoms with Gasteiger partial charge in [-0.1, -0.05) is 0 Å². The lowest BCUT2D eigenvalue weighted by Gasteiger charge is -2.26. The molecule has 0 spiro atoms. The number of nitrogens with one attached hydrogen (secondary N) is 2. The van der Waals surface area contributed by atoms with Gasteiger partial charge < -0.3 is 14.8 Å². The molecule has 0 aliphatic carbocycles. The zero-order valence-electron chi connectivity index (χ0n) is 16.9. The molecular weight excluding hydrogens is 427 g/mol. The Morgan fingerprint density at radius 2 is 2.09 bits per heavy atom. The second-order valence-corrected chi connectivity index (χ2v) is 7.78. The number of rotatable bonds is 3. The topological polar surface area (TPSA) is 94.1 Å². The highest BCUT2D eigenvalue weighted by molar-refractivity contribution is 6.00. The standard InChI is InChI=1S/C21H20F3N5O3/c22-21(23,24)13-3-4-16-12(9-13)10-14(11-32-16)26-19(30)18-17(15-5-6-25-27-15)20-29(28-18)7-1-2-8-31-20/h3-6,9,14H,1-2,7-8,10-11H2,(H,25,27)(H,26,30). The molecular formula is C21H20F3N5O3. The number of fused-ring (bicyclic) bond motifs is 2. The van der Waals surface area contributed by atoms with Crippen LogP contribution in [0.1, 0.15) is 34.5 Å². The molecule has 1 amide bonds. The van der Waals surface area contributed by atoms with Crippen molar-refractivity contribution in [2.75, 3.05) is 13.2 Å². The Balaban J connectivity index is 1.40. The molecule has 32 heavy (non-hydrogen) atoms. The van der Waals surface area contributed by atoms with Gasteiger partial charge in [0.05, 0.1) is 29.5 Å². The molecule has 1 unspecified atom stereocenters. The quantitative estimate of drug-likeness (QED) is 0.643. The first-order chi connectivity index (χ1) is 15.4. The van der Waals surface area contributed by atoms with E-state index in [9.17, 15) is 18.0 Å². The van der Waals surface area contributed by atoms with Crippen LogP contribution >= 0.6 is 0 Å². The van der Waals surface area contributed by atoms with Crippen molar-refractivity contribution in [3.05, 3.63) is 47.3 Å². The number of halogens is 3. The summed E-state index contributed by atoms with van der Waals surface area (Å²) in [7, 11) is 0. The van der Waals surface area contributed by atoms with Crippen molar-refractivity contribution in [2.45, 2.75) is 38.0 Å². The summed E-state index contributed by atoms with van der Waals surface area (Å²) in [6.07, 6.45) is -0.909. The monoisotopic (exact) mass is 447 g/mol. The van der Waals surface area contributed by atoms with Crippen molar-refractivity contribution >= 4 is 5.91 Å². The predicted molar refractivity (Wildman–Crippen MR) is 106 cm³/mol. The van der Waals surface area contributed by atoms with Gasteiger partial charge in [0.15, 0.2) is 5.69 Å². The molecule has 2 aliphatic rings. The lowest BCUT2D eigenvalue weighted by molar-refractivity contribution is -0.137. The number of carbonyl (C=O) groups is 1.